The Hall–Kier alpha value is -2.77. The Balaban J connectivity index is 2.89. The van der Waals surface area contributed by atoms with Crippen molar-refractivity contribution in [2.45, 2.75) is 84.8 Å². The van der Waals surface area contributed by atoms with Gasteiger partial charge in [-0.2, -0.15) is 0 Å². The number of carbonyl (C=O) groups is 3. The second-order valence-corrected chi connectivity index (χ2v) is 8.30. The van der Waals surface area contributed by atoms with Crippen molar-refractivity contribution in [2.24, 2.45) is 0 Å². The summed E-state index contributed by atoms with van der Waals surface area (Å²) in [6.45, 7) is 9.36. The van der Waals surface area contributed by atoms with E-state index in [1.54, 1.807) is 26.8 Å². The highest BCUT2D eigenvalue weighted by atomic mass is 16.6. The van der Waals surface area contributed by atoms with Crippen molar-refractivity contribution in [1.29, 1.82) is 0 Å². The normalized spacial score (nSPS) is 12.0. The van der Waals surface area contributed by atoms with Crippen molar-refractivity contribution in [3.63, 3.8) is 0 Å². The Bertz CT molecular complexity index is 740. The van der Waals surface area contributed by atoms with E-state index in [4.69, 9.17) is 14.2 Å². The molecule has 1 aromatic carbocycles. The smallest absolute Gasteiger partial charge is 0.408 e. The minimum atomic E-state index is -0.996. The van der Waals surface area contributed by atoms with Crippen molar-refractivity contribution in [1.82, 2.24) is 5.32 Å². The number of phenolic OH excluding ortho intramolecular Hbond substituents is 1. The molecule has 0 saturated heterocycles. The maximum absolute atomic E-state index is 12.5. The van der Waals surface area contributed by atoms with Crippen LogP contribution in [0.2, 0.25) is 0 Å². The average molecular weight is 438 g/mol. The summed E-state index contributed by atoms with van der Waals surface area (Å²) in [7, 11) is 0. The Morgan fingerprint density at radius 1 is 1.10 bits per heavy atom. The van der Waals surface area contributed by atoms with Gasteiger partial charge in [-0.25, -0.2) is 9.59 Å². The highest BCUT2D eigenvalue weighted by Crippen LogP contribution is 2.28. The van der Waals surface area contributed by atoms with E-state index in [-0.39, 0.29) is 30.9 Å². The van der Waals surface area contributed by atoms with E-state index >= 15 is 0 Å². The van der Waals surface area contributed by atoms with Gasteiger partial charge in [-0.15, -0.1) is 0 Å². The molecule has 0 fully saturated rings. The van der Waals surface area contributed by atoms with E-state index in [2.05, 4.69) is 5.32 Å². The lowest BCUT2D eigenvalue weighted by atomic mass is 10.1. The third kappa shape index (κ3) is 10.7. The number of rotatable bonds is 11. The number of nitrogens with one attached hydrogen (secondary N) is 1. The van der Waals surface area contributed by atoms with Crippen LogP contribution in [0.4, 0.5) is 4.79 Å². The Labute approximate surface area is 184 Å². The summed E-state index contributed by atoms with van der Waals surface area (Å²) >= 11 is 0. The highest BCUT2D eigenvalue weighted by Gasteiger charge is 2.26. The predicted molar refractivity (Wildman–Crippen MR) is 116 cm³/mol. The molecule has 8 heteroatoms. The number of amides is 1. The molecule has 0 bridgehead atoms. The summed E-state index contributed by atoms with van der Waals surface area (Å²) in [6.07, 6.45) is 2.74. The minimum absolute atomic E-state index is 0.0482. The minimum Gasteiger partial charge on any atom is -0.504 e. The van der Waals surface area contributed by atoms with Crippen molar-refractivity contribution >= 4 is 18.0 Å². The van der Waals surface area contributed by atoms with Gasteiger partial charge in [0.2, 0.25) is 0 Å². The molecule has 1 aromatic rings. The zero-order valence-electron chi connectivity index (χ0n) is 19.2. The lowest BCUT2D eigenvalue weighted by Gasteiger charge is -2.23. The van der Waals surface area contributed by atoms with Gasteiger partial charge in [-0.1, -0.05) is 32.8 Å². The van der Waals surface area contributed by atoms with E-state index < -0.39 is 29.7 Å². The third-order valence-electron chi connectivity index (χ3n) is 4.14. The summed E-state index contributed by atoms with van der Waals surface area (Å²) < 4.78 is 15.7. The molecule has 31 heavy (non-hydrogen) atoms. The van der Waals surface area contributed by atoms with E-state index in [0.717, 1.165) is 12.8 Å². The van der Waals surface area contributed by atoms with Crippen LogP contribution in [0, 0.1) is 0 Å². The average Bonchev–Trinajstić information content (AvgIpc) is 2.66. The van der Waals surface area contributed by atoms with Crippen molar-refractivity contribution in [3.8, 4) is 11.5 Å². The van der Waals surface area contributed by atoms with Crippen molar-refractivity contribution in [2.75, 3.05) is 6.61 Å². The number of hydrogen-bond donors (Lipinski definition) is 2. The number of ether oxygens (including phenoxy) is 3. The number of alkyl carbamates (subject to hydrolysis) is 1. The third-order valence-corrected chi connectivity index (χ3v) is 4.14. The number of esters is 2. The molecule has 0 saturated carbocycles. The van der Waals surface area contributed by atoms with Gasteiger partial charge in [-0.3, -0.25) is 4.79 Å². The summed E-state index contributed by atoms with van der Waals surface area (Å²) in [5.74, 6) is -1.19. The van der Waals surface area contributed by atoms with Crippen LogP contribution in [0.5, 0.6) is 11.5 Å². The number of aromatic hydroxyl groups is 1. The highest BCUT2D eigenvalue weighted by molar-refractivity contribution is 5.82. The summed E-state index contributed by atoms with van der Waals surface area (Å²) in [6, 6.07) is 3.47. The SMILES string of the molecule is CCCCOC(=O)[C@H](Cc1ccc(OC(=O)CCCC)c(O)c1)NC(=O)OC(C)(C)C. The molecule has 0 aliphatic rings. The molecule has 1 rings (SSSR count). The molecule has 1 atom stereocenters. The summed E-state index contributed by atoms with van der Waals surface area (Å²) in [4.78, 5) is 36.5. The maximum Gasteiger partial charge on any atom is 0.408 e. The first kappa shape index (κ1) is 26.3. The van der Waals surface area contributed by atoms with Crippen molar-refractivity contribution < 1.29 is 33.7 Å². The topological polar surface area (TPSA) is 111 Å². The fraction of sp³-hybridized carbons (Fsp3) is 0.609. The lowest BCUT2D eigenvalue weighted by molar-refractivity contribution is -0.146. The largest absolute Gasteiger partial charge is 0.504 e. The number of unbranched alkanes of at least 4 members (excludes halogenated alkanes) is 2. The molecule has 0 spiro atoms. The molecule has 0 unspecified atom stereocenters. The Morgan fingerprint density at radius 2 is 1.77 bits per heavy atom. The fourth-order valence-corrected chi connectivity index (χ4v) is 2.57. The molecular formula is C23H35NO7. The molecule has 0 radical (unpaired) electrons. The van der Waals surface area contributed by atoms with E-state index in [0.29, 0.717) is 18.4 Å². The van der Waals surface area contributed by atoms with Crippen LogP contribution >= 0.6 is 0 Å². The van der Waals surface area contributed by atoms with Crippen molar-refractivity contribution in [3.05, 3.63) is 23.8 Å². The van der Waals surface area contributed by atoms with Gasteiger partial charge in [-0.05, 0) is 51.3 Å². The van der Waals surface area contributed by atoms with Crippen LogP contribution < -0.4 is 10.1 Å². The molecule has 174 valence electrons. The fourth-order valence-electron chi connectivity index (χ4n) is 2.57. The van der Waals surface area contributed by atoms with Gasteiger partial charge < -0.3 is 24.6 Å². The van der Waals surface area contributed by atoms with Crippen LogP contribution in [0.15, 0.2) is 18.2 Å². The standard InChI is InChI=1S/C23H35NO7/c1-6-8-10-20(26)30-19-12-11-16(15-18(19)25)14-17(21(27)29-13-9-7-2)24-22(28)31-23(3,4)5/h11-12,15,17,25H,6-10,13-14H2,1-5H3,(H,24,28)/t17-/m0/s1. The lowest BCUT2D eigenvalue weighted by Crippen LogP contribution is -2.45. The van der Waals surface area contributed by atoms with Crippen LogP contribution in [0.25, 0.3) is 0 Å². The van der Waals surface area contributed by atoms with E-state index in [1.165, 1.54) is 12.1 Å². The molecule has 0 aliphatic heterocycles. The first-order valence-corrected chi connectivity index (χ1v) is 10.7. The van der Waals surface area contributed by atoms with Gasteiger partial charge >= 0.3 is 18.0 Å². The zero-order valence-corrected chi connectivity index (χ0v) is 19.2. The maximum atomic E-state index is 12.5. The number of benzene rings is 1. The number of carbonyl (C=O) groups excluding carboxylic acids is 3. The van der Waals surface area contributed by atoms with E-state index in [9.17, 15) is 19.5 Å². The molecule has 1 amide bonds. The molecule has 0 aliphatic carbocycles. The predicted octanol–water partition coefficient (Wildman–Crippen LogP) is 4.27. The molecule has 0 heterocycles. The van der Waals surface area contributed by atoms with Gasteiger partial charge in [0.1, 0.15) is 11.6 Å². The van der Waals surface area contributed by atoms with Gasteiger partial charge in [0.05, 0.1) is 6.61 Å². The number of hydrogen-bond acceptors (Lipinski definition) is 7. The van der Waals surface area contributed by atoms with Crippen LogP contribution in [-0.2, 0) is 25.5 Å². The van der Waals surface area contributed by atoms with Gasteiger partial charge in [0.25, 0.3) is 0 Å². The number of phenols is 1. The monoisotopic (exact) mass is 437 g/mol. The second-order valence-electron chi connectivity index (χ2n) is 8.30. The molecular weight excluding hydrogens is 402 g/mol. The van der Waals surface area contributed by atoms with Gasteiger partial charge in [0.15, 0.2) is 11.5 Å². The quantitative estimate of drug-likeness (QED) is 0.302. The summed E-state index contributed by atoms with van der Waals surface area (Å²) in [5.41, 5.74) is -0.165. The molecule has 8 nitrogen and oxygen atoms in total. The molecule has 0 aromatic heterocycles. The van der Waals surface area contributed by atoms with Crippen LogP contribution in [0.1, 0.15) is 72.3 Å². The van der Waals surface area contributed by atoms with Crippen LogP contribution in [-0.4, -0.2) is 41.4 Å². The zero-order chi connectivity index (χ0) is 23.4. The summed E-state index contributed by atoms with van der Waals surface area (Å²) in [5, 5.41) is 12.8. The first-order chi connectivity index (χ1) is 14.6. The second kappa shape index (κ2) is 12.8. The van der Waals surface area contributed by atoms with Gasteiger partial charge in [0, 0.05) is 12.8 Å². The van der Waals surface area contributed by atoms with Crippen LogP contribution in [0.3, 0.4) is 0 Å². The molecule has 2 N–H and O–H groups in total. The first-order valence-electron chi connectivity index (χ1n) is 10.7. The Morgan fingerprint density at radius 3 is 2.35 bits per heavy atom. The van der Waals surface area contributed by atoms with E-state index in [1.807, 2.05) is 13.8 Å². The Kier molecular flexibility index (Phi) is 10.9.